The maximum Gasteiger partial charge on any atom is 0.259 e. The first-order valence-electron chi connectivity index (χ1n) is 7.28. The van der Waals surface area contributed by atoms with E-state index in [0.29, 0.717) is 5.95 Å². The molecule has 2 aliphatic rings. The second kappa shape index (κ2) is 5.19. The third-order valence-electron chi connectivity index (χ3n) is 3.91. The molecule has 3 rings (SSSR count). The summed E-state index contributed by atoms with van der Waals surface area (Å²) >= 11 is 0. The molecule has 1 aromatic heterocycles. The summed E-state index contributed by atoms with van der Waals surface area (Å²) in [5.41, 5.74) is 2.66. The number of aliphatic imine (C=N–C) groups is 1. The second-order valence-corrected chi connectivity index (χ2v) is 5.33. The van der Waals surface area contributed by atoms with Crippen LogP contribution >= 0.6 is 0 Å². The van der Waals surface area contributed by atoms with Crippen LogP contribution in [0.15, 0.2) is 34.1 Å². The number of allylic oxidation sites excluding steroid dienone is 4. The molecule has 1 unspecified atom stereocenters. The molecule has 4 heteroatoms. The van der Waals surface area contributed by atoms with Crippen molar-refractivity contribution < 1.29 is 0 Å². The molecule has 20 heavy (non-hydrogen) atoms. The van der Waals surface area contributed by atoms with Crippen molar-refractivity contribution in [3.05, 3.63) is 45.9 Å². The zero-order valence-corrected chi connectivity index (χ0v) is 12.0. The van der Waals surface area contributed by atoms with Gasteiger partial charge in [-0.15, -0.1) is 0 Å². The molecule has 0 N–H and O–H groups in total. The van der Waals surface area contributed by atoms with E-state index >= 15 is 0 Å². The van der Waals surface area contributed by atoms with Crippen LogP contribution in [0.25, 0.3) is 0 Å². The van der Waals surface area contributed by atoms with E-state index in [1.807, 2.05) is 31.2 Å². The van der Waals surface area contributed by atoms with E-state index in [4.69, 9.17) is 0 Å². The van der Waals surface area contributed by atoms with E-state index in [2.05, 4.69) is 16.9 Å². The van der Waals surface area contributed by atoms with E-state index in [0.717, 1.165) is 42.7 Å². The summed E-state index contributed by atoms with van der Waals surface area (Å²) in [6, 6.07) is -0.0690. The van der Waals surface area contributed by atoms with Crippen LogP contribution in [0.1, 0.15) is 43.5 Å². The van der Waals surface area contributed by atoms with Gasteiger partial charge in [0, 0.05) is 5.56 Å². The standard InChI is InChI=1S/C16H19N3O/c1-3-4-5-8-12-11(2)17-16-18-13-9-6-7-10-14(13)19(16)15(12)20/h6-7,9-10,14H,3-5,8H2,1-2H3. The Hall–Kier alpha value is -1.97. The number of hydrogen-bond donors (Lipinski definition) is 0. The van der Waals surface area contributed by atoms with Crippen molar-refractivity contribution in [2.24, 2.45) is 4.99 Å². The molecule has 1 aliphatic carbocycles. The third kappa shape index (κ3) is 2.05. The molecule has 0 saturated carbocycles. The molecule has 0 spiro atoms. The Morgan fingerprint density at radius 1 is 1.30 bits per heavy atom. The molecule has 1 atom stereocenters. The monoisotopic (exact) mass is 269 g/mol. The van der Waals surface area contributed by atoms with Gasteiger partial charge in [0.05, 0.1) is 11.4 Å². The van der Waals surface area contributed by atoms with Crippen LogP contribution in [0.3, 0.4) is 0 Å². The Morgan fingerprint density at radius 2 is 2.15 bits per heavy atom. The van der Waals surface area contributed by atoms with Crippen molar-refractivity contribution in [1.29, 1.82) is 0 Å². The molecule has 104 valence electrons. The number of aryl methyl sites for hydroxylation is 1. The molecule has 0 bridgehead atoms. The van der Waals surface area contributed by atoms with Crippen molar-refractivity contribution in [1.82, 2.24) is 9.55 Å². The Kier molecular flexibility index (Phi) is 3.38. The molecule has 1 aromatic rings. The maximum atomic E-state index is 12.7. The average Bonchev–Trinajstić information content (AvgIpc) is 2.80. The van der Waals surface area contributed by atoms with E-state index in [9.17, 15) is 4.79 Å². The molecular formula is C16H19N3O. The Bertz CT molecular complexity index is 680. The highest BCUT2D eigenvalue weighted by Gasteiger charge is 2.28. The summed E-state index contributed by atoms with van der Waals surface area (Å²) in [5, 5.41) is 0. The summed E-state index contributed by atoms with van der Waals surface area (Å²) < 4.78 is 1.73. The molecule has 0 radical (unpaired) electrons. The van der Waals surface area contributed by atoms with Gasteiger partial charge in [-0.25, -0.2) is 9.98 Å². The fraction of sp³-hybridized carbons (Fsp3) is 0.438. The van der Waals surface area contributed by atoms with Crippen molar-refractivity contribution >= 4 is 11.7 Å². The molecule has 0 aromatic carbocycles. The van der Waals surface area contributed by atoms with Crippen molar-refractivity contribution in [2.45, 2.75) is 45.6 Å². The first-order chi connectivity index (χ1) is 9.72. The number of rotatable bonds is 4. The zero-order chi connectivity index (χ0) is 14.1. The van der Waals surface area contributed by atoms with Crippen LogP contribution in [0.5, 0.6) is 0 Å². The van der Waals surface area contributed by atoms with Gasteiger partial charge in [0.15, 0.2) is 0 Å². The van der Waals surface area contributed by atoms with Crippen LogP contribution in [-0.4, -0.2) is 15.3 Å². The van der Waals surface area contributed by atoms with Gasteiger partial charge in [-0.05, 0) is 25.8 Å². The number of unbranched alkanes of at least 4 members (excludes halogenated alkanes) is 2. The van der Waals surface area contributed by atoms with E-state index < -0.39 is 0 Å². The highest BCUT2D eigenvalue weighted by atomic mass is 16.1. The lowest BCUT2D eigenvalue weighted by atomic mass is 10.1. The Labute approximate surface area is 118 Å². The van der Waals surface area contributed by atoms with Crippen LogP contribution in [0.4, 0.5) is 5.95 Å². The number of aromatic nitrogens is 2. The normalized spacial score (nSPS) is 18.9. The Morgan fingerprint density at radius 3 is 2.95 bits per heavy atom. The molecule has 4 nitrogen and oxygen atoms in total. The maximum absolute atomic E-state index is 12.7. The van der Waals surface area contributed by atoms with Crippen molar-refractivity contribution in [3.63, 3.8) is 0 Å². The van der Waals surface area contributed by atoms with Crippen LogP contribution in [0.2, 0.25) is 0 Å². The number of hydrogen-bond acceptors (Lipinski definition) is 3. The average molecular weight is 269 g/mol. The molecular weight excluding hydrogens is 250 g/mol. The summed E-state index contributed by atoms with van der Waals surface area (Å²) in [7, 11) is 0. The third-order valence-corrected chi connectivity index (χ3v) is 3.91. The van der Waals surface area contributed by atoms with Crippen LogP contribution < -0.4 is 5.56 Å². The lowest BCUT2D eigenvalue weighted by Gasteiger charge is -2.14. The lowest BCUT2D eigenvalue weighted by Crippen LogP contribution is -2.29. The number of nitrogens with zero attached hydrogens (tertiary/aromatic N) is 3. The van der Waals surface area contributed by atoms with Gasteiger partial charge in [-0.2, -0.15) is 0 Å². The molecule has 2 heterocycles. The van der Waals surface area contributed by atoms with E-state index in [-0.39, 0.29) is 11.6 Å². The predicted molar refractivity (Wildman–Crippen MR) is 80.9 cm³/mol. The Balaban J connectivity index is 2.02. The van der Waals surface area contributed by atoms with E-state index in [1.165, 1.54) is 0 Å². The SMILES string of the molecule is CCCCCc1c(C)nc2n(c1=O)C1C=CC=CC1=N2. The fourth-order valence-corrected chi connectivity index (χ4v) is 2.79. The summed E-state index contributed by atoms with van der Waals surface area (Å²) in [5.74, 6) is 0.544. The topological polar surface area (TPSA) is 47.2 Å². The highest BCUT2D eigenvalue weighted by molar-refractivity contribution is 6.03. The fourth-order valence-electron chi connectivity index (χ4n) is 2.79. The quantitative estimate of drug-likeness (QED) is 0.789. The van der Waals surface area contributed by atoms with E-state index in [1.54, 1.807) is 4.57 Å². The van der Waals surface area contributed by atoms with Crippen LogP contribution in [0, 0.1) is 6.92 Å². The minimum Gasteiger partial charge on any atom is -0.269 e. The summed E-state index contributed by atoms with van der Waals surface area (Å²) in [6.07, 6.45) is 12.0. The molecule has 0 fully saturated rings. The molecule has 0 amide bonds. The largest absolute Gasteiger partial charge is 0.269 e. The van der Waals surface area contributed by atoms with Crippen molar-refractivity contribution in [3.8, 4) is 0 Å². The first kappa shape index (κ1) is 13.0. The van der Waals surface area contributed by atoms with Gasteiger partial charge >= 0.3 is 0 Å². The number of fused-ring (bicyclic) bond motifs is 3. The van der Waals surface area contributed by atoms with Gasteiger partial charge < -0.3 is 0 Å². The zero-order valence-electron chi connectivity index (χ0n) is 12.0. The minimum atomic E-state index is -0.0690. The molecule has 1 aliphatic heterocycles. The predicted octanol–water partition coefficient (Wildman–Crippen LogP) is 3.04. The minimum absolute atomic E-state index is 0.0690. The van der Waals surface area contributed by atoms with Gasteiger partial charge in [0.25, 0.3) is 5.56 Å². The van der Waals surface area contributed by atoms with Gasteiger partial charge in [0.2, 0.25) is 5.95 Å². The van der Waals surface area contributed by atoms with Gasteiger partial charge in [-0.1, -0.05) is 38.0 Å². The van der Waals surface area contributed by atoms with Gasteiger partial charge in [-0.3, -0.25) is 9.36 Å². The first-order valence-corrected chi connectivity index (χ1v) is 7.28. The lowest BCUT2D eigenvalue weighted by molar-refractivity contribution is 0.676. The van der Waals surface area contributed by atoms with Crippen LogP contribution in [-0.2, 0) is 6.42 Å². The summed E-state index contributed by atoms with van der Waals surface area (Å²) in [4.78, 5) is 21.7. The highest BCUT2D eigenvalue weighted by Crippen LogP contribution is 2.28. The molecule has 0 saturated heterocycles. The summed E-state index contributed by atoms with van der Waals surface area (Å²) in [6.45, 7) is 4.08. The van der Waals surface area contributed by atoms with Gasteiger partial charge in [0.1, 0.15) is 6.04 Å². The second-order valence-electron chi connectivity index (χ2n) is 5.33. The van der Waals surface area contributed by atoms with Crippen molar-refractivity contribution in [2.75, 3.05) is 0 Å². The smallest absolute Gasteiger partial charge is 0.259 e.